The number of halogens is 1. The molecule has 0 radical (unpaired) electrons. The summed E-state index contributed by atoms with van der Waals surface area (Å²) in [5.74, 6) is 0. The first kappa shape index (κ1) is 8.98. The van der Waals surface area contributed by atoms with Crippen molar-refractivity contribution in [2.24, 2.45) is 0 Å². The molecule has 0 aromatic carbocycles. The summed E-state index contributed by atoms with van der Waals surface area (Å²) in [5, 5.41) is 3.36. The summed E-state index contributed by atoms with van der Waals surface area (Å²) in [6, 6.07) is 0.491. The minimum Gasteiger partial charge on any atom is -0.314 e. The number of hydrogen-bond donors (Lipinski definition) is 1. The Morgan fingerprint density at radius 1 is 1.45 bits per heavy atom. The van der Waals surface area contributed by atoms with Crippen LogP contribution in [0, 0.1) is 0 Å². The number of alkyl halides is 1. The first-order valence-electron chi connectivity index (χ1n) is 4.52. The Kier molecular flexibility index (Phi) is 2.88. The van der Waals surface area contributed by atoms with Gasteiger partial charge in [-0.25, -0.2) is 4.39 Å². The fourth-order valence-corrected chi connectivity index (χ4v) is 1.55. The first-order chi connectivity index (χ1) is 5.10. The normalized spacial score (nSPS) is 41.2. The van der Waals surface area contributed by atoms with Gasteiger partial charge in [-0.15, -0.1) is 0 Å². The molecule has 0 aliphatic carbocycles. The van der Waals surface area contributed by atoms with Gasteiger partial charge in [0.2, 0.25) is 0 Å². The topological polar surface area (TPSA) is 12.0 Å². The third kappa shape index (κ3) is 3.19. The molecular weight excluding hydrogens is 141 g/mol. The summed E-state index contributed by atoms with van der Waals surface area (Å²) in [4.78, 5) is 0. The third-order valence-corrected chi connectivity index (χ3v) is 2.47. The number of hydrogen-bond acceptors (Lipinski definition) is 1. The average Bonchev–Trinajstić information content (AvgIpc) is 1.92. The van der Waals surface area contributed by atoms with E-state index in [1.807, 2.05) is 0 Å². The second-order valence-corrected chi connectivity index (χ2v) is 3.91. The van der Waals surface area contributed by atoms with Crippen LogP contribution in [0.15, 0.2) is 0 Å². The molecule has 0 amide bonds. The minimum absolute atomic E-state index is 0.491. The van der Waals surface area contributed by atoms with E-state index in [0.29, 0.717) is 18.9 Å². The lowest BCUT2D eigenvalue weighted by Crippen LogP contribution is -2.33. The van der Waals surface area contributed by atoms with Crippen LogP contribution < -0.4 is 5.32 Å². The second-order valence-electron chi connectivity index (χ2n) is 3.91. The second kappa shape index (κ2) is 3.53. The molecule has 1 fully saturated rings. The predicted octanol–water partition coefficient (Wildman–Crippen LogP) is 2.27. The lowest BCUT2D eigenvalue weighted by atomic mass is 9.92. The van der Waals surface area contributed by atoms with Crippen molar-refractivity contribution in [2.75, 3.05) is 6.54 Å². The summed E-state index contributed by atoms with van der Waals surface area (Å²) in [7, 11) is 0. The predicted molar refractivity (Wildman–Crippen MR) is 45.4 cm³/mol. The van der Waals surface area contributed by atoms with Gasteiger partial charge in [0.05, 0.1) is 0 Å². The van der Waals surface area contributed by atoms with Gasteiger partial charge in [0.1, 0.15) is 5.67 Å². The van der Waals surface area contributed by atoms with E-state index in [4.69, 9.17) is 0 Å². The highest BCUT2D eigenvalue weighted by Crippen LogP contribution is 2.25. The average molecular weight is 159 g/mol. The molecule has 0 spiro atoms. The Labute approximate surface area is 68.4 Å². The maximum absolute atomic E-state index is 13.5. The van der Waals surface area contributed by atoms with Crippen LogP contribution in [0.1, 0.15) is 39.5 Å². The fourth-order valence-electron chi connectivity index (χ4n) is 1.55. The lowest BCUT2D eigenvalue weighted by molar-refractivity contribution is 0.139. The van der Waals surface area contributed by atoms with Crippen molar-refractivity contribution in [2.45, 2.75) is 51.2 Å². The number of rotatable bonds is 0. The molecule has 0 aromatic rings. The smallest absolute Gasteiger partial charge is 0.108 e. The van der Waals surface area contributed by atoms with Gasteiger partial charge >= 0.3 is 0 Å². The molecule has 2 heteroatoms. The van der Waals surface area contributed by atoms with Crippen LogP contribution in [0.2, 0.25) is 0 Å². The Bertz CT molecular complexity index is 123. The Morgan fingerprint density at radius 3 is 2.91 bits per heavy atom. The molecule has 0 saturated carbocycles. The van der Waals surface area contributed by atoms with Crippen LogP contribution in [0.3, 0.4) is 0 Å². The highest BCUT2D eigenvalue weighted by molar-refractivity contribution is 4.78. The zero-order chi connectivity index (χ0) is 8.32. The minimum atomic E-state index is -0.906. The molecule has 1 saturated heterocycles. The van der Waals surface area contributed by atoms with Crippen molar-refractivity contribution in [3.63, 3.8) is 0 Å². The van der Waals surface area contributed by atoms with Crippen LogP contribution >= 0.6 is 0 Å². The highest BCUT2D eigenvalue weighted by atomic mass is 19.1. The lowest BCUT2D eigenvalue weighted by Gasteiger charge is -2.26. The van der Waals surface area contributed by atoms with Crippen molar-refractivity contribution in [1.82, 2.24) is 5.32 Å². The molecule has 1 N–H and O–H groups in total. The van der Waals surface area contributed by atoms with Gasteiger partial charge in [0.15, 0.2) is 0 Å². The quantitative estimate of drug-likeness (QED) is 0.571. The molecule has 0 aromatic heterocycles. The molecule has 11 heavy (non-hydrogen) atoms. The standard InChI is InChI=1S/C9H18FN/c1-8-4-6-9(2,10)5-3-7-11-8/h8,11H,3-7H2,1-2H3/t8?,9-/m0/s1. The van der Waals surface area contributed by atoms with E-state index >= 15 is 0 Å². The van der Waals surface area contributed by atoms with Crippen molar-refractivity contribution < 1.29 is 4.39 Å². The van der Waals surface area contributed by atoms with Crippen LogP contribution in [0.25, 0.3) is 0 Å². The van der Waals surface area contributed by atoms with Gasteiger partial charge in [-0.2, -0.15) is 0 Å². The Morgan fingerprint density at radius 2 is 2.18 bits per heavy atom. The van der Waals surface area contributed by atoms with Gasteiger partial charge < -0.3 is 5.32 Å². The molecule has 66 valence electrons. The van der Waals surface area contributed by atoms with E-state index in [2.05, 4.69) is 12.2 Å². The summed E-state index contributed by atoms with van der Waals surface area (Å²) in [5.41, 5.74) is -0.906. The highest BCUT2D eigenvalue weighted by Gasteiger charge is 2.24. The molecule has 1 aliphatic rings. The van der Waals surface area contributed by atoms with Crippen molar-refractivity contribution >= 4 is 0 Å². The molecule has 1 rings (SSSR count). The third-order valence-electron chi connectivity index (χ3n) is 2.47. The van der Waals surface area contributed by atoms with Crippen LogP contribution in [-0.2, 0) is 0 Å². The van der Waals surface area contributed by atoms with Gasteiger partial charge in [0.25, 0.3) is 0 Å². The maximum atomic E-state index is 13.5. The Balaban J connectivity index is 2.38. The summed E-state index contributed by atoms with van der Waals surface area (Å²) >= 11 is 0. The van der Waals surface area contributed by atoms with E-state index < -0.39 is 5.67 Å². The molecule has 1 heterocycles. The van der Waals surface area contributed by atoms with Gasteiger partial charge in [0, 0.05) is 6.04 Å². The fraction of sp³-hybridized carbons (Fsp3) is 1.00. The first-order valence-corrected chi connectivity index (χ1v) is 4.52. The summed E-state index contributed by atoms with van der Waals surface area (Å²) in [6.07, 6.45) is 3.36. The molecule has 1 nitrogen and oxygen atoms in total. The Hall–Kier alpha value is -0.110. The van der Waals surface area contributed by atoms with E-state index in [1.54, 1.807) is 6.92 Å². The van der Waals surface area contributed by atoms with Gasteiger partial charge in [-0.1, -0.05) is 0 Å². The molecule has 1 unspecified atom stereocenters. The number of nitrogens with one attached hydrogen (secondary N) is 1. The molecule has 1 aliphatic heterocycles. The van der Waals surface area contributed by atoms with Crippen LogP contribution in [0.4, 0.5) is 4.39 Å². The van der Waals surface area contributed by atoms with E-state index in [0.717, 1.165) is 19.4 Å². The molecular formula is C9H18FN. The zero-order valence-corrected chi connectivity index (χ0v) is 7.49. The van der Waals surface area contributed by atoms with E-state index in [9.17, 15) is 4.39 Å². The van der Waals surface area contributed by atoms with Crippen LogP contribution in [0.5, 0.6) is 0 Å². The maximum Gasteiger partial charge on any atom is 0.108 e. The zero-order valence-electron chi connectivity index (χ0n) is 7.49. The van der Waals surface area contributed by atoms with Gasteiger partial charge in [-0.3, -0.25) is 0 Å². The van der Waals surface area contributed by atoms with Gasteiger partial charge in [-0.05, 0) is 46.1 Å². The van der Waals surface area contributed by atoms with Crippen molar-refractivity contribution in [3.05, 3.63) is 0 Å². The monoisotopic (exact) mass is 159 g/mol. The SMILES string of the molecule is CC1CC[C@@](C)(F)CCCN1. The van der Waals surface area contributed by atoms with E-state index in [1.165, 1.54) is 0 Å². The summed E-state index contributed by atoms with van der Waals surface area (Å²) in [6.45, 7) is 4.83. The summed E-state index contributed by atoms with van der Waals surface area (Å²) < 4.78 is 13.5. The molecule has 2 atom stereocenters. The van der Waals surface area contributed by atoms with Crippen LogP contribution in [-0.4, -0.2) is 18.3 Å². The van der Waals surface area contributed by atoms with Crippen molar-refractivity contribution in [3.8, 4) is 0 Å². The van der Waals surface area contributed by atoms with Crippen molar-refractivity contribution in [1.29, 1.82) is 0 Å². The molecule has 0 bridgehead atoms. The largest absolute Gasteiger partial charge is 0.314 e. The van der Waals surface area contributed by atoms with E-state index in [-0.39, 0.29) is 0 Å².